The number of amides is 2. The van der Waals surface area contributed by atoms with E-state index in [-0.39, 0.29) is 30.9 Å². The van der Waals surface area contributed by atoms with Gasteiger partial charge in [-0.3, -0.25) is 4.79 Å². The Labute approximate surface area is 143 Å². The lowest BCUT2D eigenvalue weighted by Gasteiger charge is -2.36. The van der Waals surface area contributed by atoms with Crippen LogP contribution in [0, 0.1) is 5.92 Å². The van der Waals surface area contributed by atoms with Gasteiger partial charge in [-0.15, -0.1) is 0 Å². The number of hydrogen-bond donors (Lipinski definition) is 2. The fourth-order valence-corrected chi connectivity index (χ4v) is 2.66. The summed E-state index contributed by atoms with van der Waals surface area (Å²) in [7, 11) is 0. The number of ether oxygens (including phenoxy) is 2. The minimum Gasteiger partial charge on any atom is -0.463 e. The van der Waals surface area contributed by atoms with Crippen LogP contribution < -0.4 is 10.6 Å². The molecule has 0 aromatic carbocycles. The Morgan fingerprint density at radius 3 is 2.38 bits per heavy atom. The molecule has 136 valence electrons. The topological polar surface area (TPSA) is 93.7 Å². The lowest BCUT2D eigenvalue weighted by molar-refractivity contribution is -0.138. The zero-order chi connectivity index (χ0) is 18.5. The highest BCUT2D eigenvalue weighted by Gasteiger charge is 2.35. The van der Waals surface area contributed by atoms with Gasteiger partial charge in [0, 0.05) is 18.9 Å². The van der Waals surface area contributed by atoms with Gasteiger partial charge < -0.3 is 20.1 Å². The molecule has 0 aromatic heterocycles. The summed E-state index contributed by atoms with van der Waals surface area (Å²) < 4.78 is 10.3. The average Bonchev–Trinajstić information content (AvgIpc) is 2.40. The molecule has 0 aromatic rings. The fraction of sp³-hybridized carbons (Fsp3) is 0.706. The van der Waals surface area contributed by atoms with Crippen molar-refractivity contribution in [1.29, 1.82) is 0 Å². The molecule has 3 atom stereocenters. The Kier molecular flexibility index (Phi) is 6.81. The van der Waals surface area contributed by atoms with Crippen LogP contribution in [-0.2, 0) is 19.1 Å². The number of hydrogen-bond acceptors (Lipinski definition) is 5. The van der Waals surface area contributed by atoms with E-state index in [1.54, 1.807) is 33.8 Å². The van der Waals surface area contributed by atoms with Crippen LogP contribution in [0.4, 0.5) is 4.79 Å². The zero-order valence-corrected chi connectivity index (χ0v) is 15.3. The average molecular weight is 340 g/mol. The Bertz CT molecular complexity index is 522. The third-order valence-electron chi connectivity index (χ3n) is 3.51. The second kappa shape index (κ2) is 8.17. The van der Waals surface area contributed by atoms with Crippen molar-refractivity contribution in [1.82, 2.24) is 10.6 Å². The first-order valence-corrected chi connectivity index (χ1v) is 8.18. The molecule has 0 unspecified atom stereocenters. The van der Waals surface area contributed by atoms with Gasteiger partial charge in [-0.1, -0.05) is 13.0 Å². The summed E-state index contributed by atoms with van der Waals surface area (Å²) in [5.41, 5.74) is -0.139. The minimum absolute atomic E-state index is 0.137. The van der Waals surface area contributed by atoms with Crippen LogP contribution in [0.3, 0.4) is 0 Å². The van der Waals surface area contributed by atoms with Crippen molar-refractivity contribution in [2.45, 2.75) is 65.6 Å². The third-order valence-corrected chi connectivity index (χ3v) is 3.51. The summed E-state index contributed by atoms with van der Waals surface area (Å²) in [6.45, 7) is 10.6. The van der Waals surface area contributed by atoms with Crippen molar-refractivity contribution in [3.63, 3.8) is 0 Å². The van der Waals surface area contributed by atoms with Gasteiger partial charge in [-0.25, -0.2) is 9.59 Å². The number of esters is 1. The highest BCUT2D eigenvalue weighted by atomic mass is 16.6. The molecule has 7 heteroatoms. The Morgan fingerprint density at radius 2 is 1.88 bits per heavy atom. The van der Waals surface area contributed by atoms with Crippen molar-refractivity contribution >= 4 is 18.0 Å². The predicted molar refractivity (Wildman–Crippen MR) is 89.3 cm³/mol. The fourth-order valence-electron chi connectivity index (χ4n) is 2.66. The molecular weight excluding hydrogens is 312 g/mol. The van der Waals surface area contributed by atoms with Crippen LogP contribution in [-0.4, -0.2) is 42.3 Å². The molecule has 7 nitrogen and oxygen atoms in total. The molecule has 1 aliphatic carbocycles. The number of carbonyl (C=O) groups excluding carboxylic acids is 3. The van der Waals surface area contributed by atoms with Crippen LogP contribution in [0.2, 0.25) is 0 Å². The molecule has 1 rings (SSSR count). The van der Waals surface area contributed by atoms with E-state index in [0.29, 0.717) is 5.57 Å². The normalized spacial score (nSPS) is 23.8. The number of rotatable bonds is 4. The Balaban J connectivity index is 2.94. The van der Waals surface area contributed by atoms with Gasteiger partial charge >= 0.3 is 12.1 Å². The van der Waals surface area contributed by atoms with Gasteiger partial charge in [0.05, 0.1) is 18.7 Å². The summed E-state index contributed by atoms with van der Waals surface area (Å²) in [6, 6.07) is -0.781. The monoisotopic (exact) mass is 340 g/mol. The molecule has 0 fully saturated rings. The number of nitrogens with one attached hydrogen (secondary N) is 2. The van der Waals surface area contributed by atoms with E-state index >= 15 is 0 Å². The van der Waals surface area contributed by atoms with Gasteiger partial charge in [-0.05, 0) is 33.6 Å². The Morgan fingerprint density at radius 1 is 1.25 bits per heavy atom. The molecule has 24 heavy (non-hydrogen) atoms. The quantitative estimate of drug-likeness (QED) is 0.763. The summed E-state index contributed by atoms with van der Waals surface area (Å²) in [6.07, 6.45) is 1.47. The maximum Gasteiger partial charge on any atom is 0.407 e. The van der Waals surface area contributed by atoms with E-state index in [9.17, 15) is 14.4 Å². The lowest BCUT2D eigenvalue weighted by Crippen LogP contribution is -2.56. The van der Waals surface area contributed by atoms with E-state index in [1.165, 1.54) is 6.92 Å². The van der Waals surface area contributed by atoms with Crippen molar-refractivity contribution in [3.05, 3.63) is 11.6 Å². The molecule has 0 saturated heterocycles. The van der Waals surface area contributed by atoms with Crippen LogP contribution in [0.1, 0.15) is 48.0 Å². The van der Waals surface area contributed by atoms with E-state index < -0.39 is 23.7 Å². The van der Waals surface area contributed by atoms with Crippen molar-refractivity contribution in [2.75, 3.05) is 6.61 Å². The van der Waals surface area contributed by atoms with Crippen LogP contribution in [0.25, 0.3) is 0 Å². The predicted octanol–water partition coefficient (Wildman–Crippen LogP) is 1.91. The van der Waals surface area contributed by atoms with Gasteiger partial charge in [0.1, 0.15) is 5.60 Å². The van der Waals surface area contributed by atoms with Crippen LogP contribution in [0.15, 0.2) is 11.6 Å². The highest BCUT2D eigenvalue weighted by molar-refractivity contribution is 5.89. The second-order valence-corrected chi connectivity index (χ2v) is 6.95. The molecule has 0 bridgehead atoms. The number of alkyl carbamates (subject to hydrolysis) is 1. The van der Waals surface area contributed by atoms with E-state index in [1.807, 2.05) is 6.92 Å². The first-order chi connectivity index (χ1) is 11.0. The Hall–Kier alpha value is -2.05. The SMILES string of the molecule is CCOC(=O)C1=C[C@H](C)[C@H](NC(C)=O)[C@@H](NC(=O)OC(C)(C)C)C1. The molecule has 0 aliphatic heterocycles. The maximum absolute atomic E-state index is 12.1. The molecule has 0 radical (unpaired) electrons. The number of carbonyl (C=O) groups is 3. The molecular formula is C17H28N2O5. The standard InChI is InChI=1S/C17H28N2O5/c1-7-23-15(21)12-8-10(2)14(18-11(3)20)13(9-12)19-16(22)24-17(4,5)6/h8,10,13-14H,7,9H2,1-6H3,(H,18,20)(H,19,22)/t10-,13-,14-/m0/s1. The molecule has 0 saturated carbocycles. The lowest BCUT2D eigenvalue weighted by atomic mass is 9.83. The van der Waals surface area contributed by atoms with Crippen molar-refractivity contribution in [3.8, 4) is 0 Å². The third kappa shape index (κ3) is 6.22. The van der Waals surface area contributed by atoms with Crippen LogP contribution in [0.5, 0.6) is 0 Å². The minimum atomic E-state index is -0.631. The molecule has 1 aliphatic rings. The van der Waals surface area contributed by atoms with Gasteiger partial charge in [0.15, 0.2) is 0 Å². The van der Waals surface area contributed by atoms with Crippen LogP contribution >= 0.6 is 0 Å². The van der Waals surface area contributed by atoms with Crippen molar-refractivity contribution in [2.24, 2.45) is 5.92 Å². The van der Waals surface area contributed by atoms with E-state index in [2.05, 4.69) is 10.6 Å². The molecule has 0 heterocycles. The summed E-state index contributed by atoms with van der Waals surface area (Å²) in [5.74, 6) is -0.737. The largest absolute Gasteiger partial charge is 0.463 e. The highest BCUT2D eigenvalue weighted by Crippen LogP contribution is 2.25. The summed E-state index contributed by atoms with van der Waals surface area (Å²) >= 11 is 0. The zero-order valence-electron chi connectivity index (χ0n) is 15.3. The maximum atomic E-state index is 12.1. The van der Waals surface area contributed by atoms with Crippen molar-refractivity contribution < 1.29 is 23.9 Å². The first-order valence-electron chi connectivity index (χ1n) is 8.18. The van der Waals surface area contributed by atoms with Gasteiger partial charge in [0.25, 0.3) is 0 Å². The van der Waals surface area contributed by atoms with E-state index in [0.717, 1.165) is 0 Å². The van der Waals surface area contributed by atoms with Gasteiger partial charge in [-0.2, -0.15) is 0 Å². The van der Waals surface area contributed by atoms with Gasteiger partial charge in [0.2, 0.25) is 5.91 Å². The molecule has 2 amide bonds. The molecule has 0 spiro atoms. The smallest absolute Gasteiger partial charge is 0.407 e. The summed E-state index contributed by atoms with van der Waals surface area (Å²) in [5, 5.41) is 5.60. The first kappa shape index (κ1) is 20.0. The van der Waals surface area contributed by atoms with E-state index in [4.69, 9.17) is 9.47 Å². The summed E-state index contributed by atoms with van der Waals surface area (Å²) in [4.78, 5) is 35.6. The second-order valence-electron chi connectivity index (χ2n) is 6.95. The molecule has 2 N–H and O–H groups in total.